The first-order valence-corrected chi connectivity index (χ1v) is 7.99. The summed E-state index contributed by atoms with van der Waals surface area (Å²) in [5.74, 6) is 1.14. The van der Waals surface area contributed by atoms with E-state index in [2.05, 4.69) is 22.0 Å². The van der Waals surface area contributed by atoms with E-state index in [1.807, 2.05) is 0 Å². The van der Waals surface area contributed by atoms with Gasteiger partial charge in [-0.3, -0.25) is 9.69 Å². The lowest BCUT2D eigenvalue weighted by molar-refractivity contribution is -0.136. The van der Waals surface area contributed by atoms with Crippen LogP contribution in [0.25, 0.3) is 0 Å². The Hall–Kier alpha value is -0.610. The van der Waals surface area contributed by atoms with Gasteiger partial charge in [-0.05, 0) is 51.5 Å². The first kappa shape index (κ1) is 13.4. The quantitative estimate of drug-likeness (QED) is 0.811. The lowest BCUT2D eigenvalue weighted by Crippen LogP contribution is -2.51. The standard InChI is InChI=1S/C15H27N3O/c1-12-4-2-3-8-18(12)15(19)11-17-9-6-14-13(10-17)5-7-16-14/h12-14,16H,2-11H2,1H3. The first-order chi connectivity index (χ1) is 9.24. The molecular weight excluding hydrogens is 238 g/mol. The molecule has 108 valence electrons. The van der Waals surface area contributed by atoms with Crippen molar-refractivity contribution in [1.82, 2.24) is 15.1 Å². The molecule has 3 saturated heterocycles. The first-order valence-electron chi connectivity index (χ1n) is 7.99. The Balaban J connectivity index is 1.51. The molecule has 0 aromatic carbocycles. The summed E-state index contributed by atoms with van der Waals surface area (Å²) in [5.41, 5.74) is 0. The number of hydrogen-bond acceptors (Lipinski definition) is 3. The maximum Gasteiger partial charge on any atom is 0.236 e. The van der Waals surface area contributed by atoms with E-state index in [4.69, 9.17) is 0 Å². The molecule has 19 heavy (non-hydrogen) atoms. The molecular formula is C15H27N3O. The highest BCUT2D eigenvalue weighted by molar-refractivity contribution is 5.78. The maximum atomic E-state index is 12.4. The van der Waals surface area contributed by atoms with Crippen molar-refractivity contribution >= 4 is 5.91 Å². The third-order valence-corrected chi connectivity index (χ3v) is 5.22. The van der Waals surface area contributed by atoms with Crippen LogP contribution in [-0.4, -0.2) is 60.5 Å². The molecule has 3 atom stereocenters. The zero-order valence-corrected chi connectivity index (χ0v) is 12.1. The Morgan fingerprint density at radius 2 is 2.11 bits per heavy atom. The van der Waals surface area contributed by atoms with Gasteiger partial charge >= 0.3 is 0 Å². The van der Waals surface area contributed by atoms with Gasteiger partial charge in [0.05, 0.1) is 6.54 Å². The maximum absolute atomic E-state index is 12.4. The van der Waals surface area contributed by atoms with E-state index >= 15 is 0 Å². The van der Waals surface area contributed by atoms with Crippen LogP contribution in [0.2, 0.25) is 0 Å². The second-order valence-electron chi connectivity index (χ2n) is 6.57. The number of rotatable bonds is 2. The Morgan fingerprint density at radius 3 is 2.95 bits per heavy atom. The van der Waals surface area contributed by atoms with Crippen LogP contribution in [0.3, 0.4) is 0 Å². The zero-order valence-electron chi connectivity index (χ0n) is 12.1. The molecule has 4 heteroatoms. The molecule has 3 unspecified atom stereocenters. The molecule has 3 fully saturated rings. The summed E-state index contributed by atoms with van der Waals surface area (Å²) < 4.78 is 0. The fraction of sp³-hybridized carbons (Fsp3) is 0.933. The molecule has 0 bridgehead atoms. The van der Waals surface area contributed by atoms with E-state index in [1.54, 1.807) is 0 Å². The van der Waals surface area contributed by atoms with Gasteiger partial charge in [-0.2, -0.15) is 0 Å². The number of carbonyl (C=O) groups is 1. The normalized spacial score (nSPS) is 36.3. The number of amides is 1. The van der Waals surface area contributed by atoms with Gasteiger partial charge in [0, 0.05) is 31.7 Å². The fourth-order valence-corrected chi connectivity index (χ4v) is 4.02. The van der Waals surface area contributed by atoms with Crippen molar-refractivity contribution in [3.63, 3.8) is 0 Å². The van der Waals surface area contributed by atoms with Gasteiger partial charge < -0.3 is 10.2 Å². The molecule has 0 aromatic heterocycles. The molecule has 0 radical (unpaired) electrons. The van der Waals surface area contributed by atoms with Crippen molar-refractivity contribution in [2.24, 2.45) is 5.92 Å². The van der Waals surface area contributed by atoms with Crippen LogP contribution in [0.15, 0.2) is 0 Å². The van der Waals surface area contributed by atoms with Gasteiger partial charge in [-0.25, -0.2) is 0 Å². The number of likely N-dealkylation sites (tertiary alicyclic amines) is 2. The summed E-state index contributed by atoms with van der Waals surface area (Å²) in [5, 5.41) is 3.58. The highest BCUT2D eigenvalue weighted by Gasteiger charge is 2.34. The smallest absolute Gasteiger partial charge is 0.236 e. The summed E-state index contributed by atoms with van der Waals surface area (Å²) in [6, 6.07) is 1.17. The van der Waals surface area contributed by atoms with Crippen LogP contribution in [-0.2, 0) is 4.79 Å². The van der Waals surface area contributed by atoms with E-state index in [1.165, 1.54) is 38.6 Å². The molecule has 3 heterocycles. The molecule has 3 rings (SSSR count). The Bertz CT molecular complexity index is 333. The van der Waals surface area contributed by atoms with E-state index < -0.39 is 0 Å². The SMILES string of the molecule is CC1CCCCN1C(=O)CN1CCC2NCCC2C1. The molecule has 0 saturated carbocycles. The number of nitrogens with zero attached hydrogens (tertiary/aromatic N) is 2. The van der Waals surface area contributed by atoms with E-state index in [0.29, 0.717) is 18.5 Å². The summed E-state index contributed by atoms with van der Waals surface area (Å²) in [6.45, 7) is 7.19. The number of hydrogen-bond donors (Lipinski definition) is 1. The van der Waals surface area contributed by atoms with E-state index in [9.17, 15) is 4.79 Å². The second-order valence-corrected chi connectivity index (χ2v) is 6.57. The van der Waals surface area contributed by atoms with Crippen LogP contribution in [0.5, 0.6) is 0 Å². The molecule has 1 amide bonds. The van der Waals surface area contributed by atoms with Crippen LogP contribution in [0.4, 0.5) is 0 Å². The molecule has 0 spiro atoms. The summed E-state index contributed by atoms with van der Waals surface area (Å²) in [6.07, 6.45) is 6.15. The average Bonchev–Trinajstić information content (AvgIpc) is 2.86. The van der Waals surface area contributed by atoms with Crippen LogP contribution < -0.4 is 5.32 Å². The molecule has 3 aliphatic rings. The lowest BCUT2D eigenvalue weighted by atomic mass is 9.93. The van der Waals surface area contributed by atoms with Crippen molar-refractivity contribution in [3.05, 3.63) is 0 Å². The topological polar surface area (TPSA) is 35.6 Å². The van der Waals surface area contributed by atoms with Gasteiger partial charge in [0.1, 0.15) is 0 Å². The van der Waals surface area contributed by atoms with Crippen molar-refractivity contribution < 1.29 is 4.79 Å². The summed E-state index contributed by atoms with van der Waals surface area (Å²) in [4.78, 5) is 16.9. The van der Waals surface area contributed by atoms with Gasteiger partial charge in [0.2, 0.25) is 5.91 Å². The number of carbonyl (C=O) groups excluding carboxylic acids is 1. The average molecular weight is 265 g/mol. The molecule has 4 nitrogen and oxygen atoms in total. The van der Waals surface area contributed by atoms with Gasteiger partial charge in [-0.1, -0.05) is 0 Å². The minimum Gasteiger partial charge on any atom is -0.339 e. The Morgan fingerprint density at radius 1 is 1.21 bits per heavy atom. The summed E-state index contributed by atoms with van der Waals surface area (Å²) >= 11 is 0. The predicted octanol–water partition coefficient (Wildman–Crippen LogP) is 1.07. The van der Waals surface area contributed by atoms with Crippen molar-refractivity contribution in [2.45, 2.75) is 51.1 Å². The van der Waals surface area contributed by atoms with Crippen molar-refractivity contribution in [2.75, 3.05) is 32.7 Å². The zero-order chi connectivity index (χ0) is 13.2. The third kappa shape index (κ3) is 2.95. The molecule has 0 aromatic rings. The van der Waals surface area contributed by atoms with Crippen LogP contribution in [0, 0.1) is 5.92 Å². The van der Waals surface area contributed by atoms with Gasteiger partial charge in [0.25, 0.3) is 0 Å². The fourth-order valence-electron chi connectivity index (χ4n) is 4.02. The van der Waals surface area contributed by atoms with E-state index in [-0.39, 0.29) is 0 Å². The number of fused-ring (bicyclic) bond motifs is 1. The minimum absolute atomic E-state index is 0.358. The monoisotopic (exact) mass is 265 g/mol. The van der Waals surface area contributed by atoms with Gasteiger partial charge in [0.15, 0.2) is 0 Å². The van der Waals surface area contributed by atoms with Crippen LogP contribution in [0.1, 0.15) is 39.0 Å². The number of piperidine rings is 2. The van der Waals surface area contributed by atoms with Crippen LogP contribution >= 0.6 is 0 Å². The highest BCUT2D eigenvalue weighted by atomic mass is 16.2. The lowest BCUT2D eigenvalue weighted by Gasteiger charge is -2.38. The minimum atomic E-state index is 0.358. The largest absolute Gasteiger partial charge is 0.339 e. The Kier molecular flexibility index (Phi) is 4.08. The highest BCUT2D eigenvalue weighted by Crippen LogP contribution is 2.25. The molecule has 1 N–H and O–H groups in total. The Labute approximate surface area is 116 Å². The van der Waals surface area contributed by atoms with E-state index in [0.717, 1.165) is 31.6 Å². The second kappa shape index (κ2) is 5.80. The third-order valence-electron chi connectivity index (χ3n) is 5.22. The van der Waals surface area contributed by atoms with Gasteiger partial charge in [-0.15, -0.1) is 0 Å². The number of nitrogens with one attached hydrogen (secondary N) is 1. The summed E-state index contributed by atoms with van der Waals surface area (Å²) in [7, 11) is 0. The predicted molar refractivity (Wildman–Crippen MR) is 76.0 cm³/mol. The molecule has 0 aliphatic carbocycles. The van der Waals surface area contributed by atoms with Crippen molar-refractivity contribution in [3.8, 4) is 0 Å². The van der Waals surface area contributed by atoms with Crippen molar-refractivity contribution in [1.29, 1.82) is 0 Å². The molecule has 3 aliphatic heterocycles.